The second-order valence-electron chi connectivity index (χ2n) is 4.29. The molecule has 0 radical (unpaired) electrons. The monoisotopic (exact) mass is 279 g/mol. The number of hydrogen-bond donors (Lipinski definition) is 1. The van der Waals surface area contributed by atoms with E-state index in [1.54, 1.807) is 19.2 Å². The topological polar surface area (TPSA) is 21.3 Å². The smallest absolute Gasteiger partial charge is 0.146 e. The third-order valence-electron chi connectivity index (χ3n) is 2.85. The van der Waals surface area contributed by atoms with Crippen LogP contribution in [0.5, 0.6) is 5.75 Å². The molecular weight excluding hydrogens is 265 g/mol. The van der Waals surface area contributed by atoms with E-state index in [1.807, 2.05) is 25.1 Å². The highest BCUT2D eigenvalue weighted by Gasteiger charge is 2.05. The molecule has 2 nitrogen and oxygen atoms in total. The first-order valence-corrected chi connectivity index (χ1v) is 6.30. The lowest BCUT2D eigenvalue weighted by molar-refractivity contribution is 0.414. The van der Waals surface area contributed by atoms with Crippen LogP contribution in [-0.2, 0) is 6.54 Å². The highest BCUT2D eigenvalue weighted by molar-refractivity contribution is 6.31. The lowest BCUT2D eigenvalue weighted by atomic mass is 10.1. The SMILES string of the molecule is COc1ccc(F)c(NCc2ccc(C)cc2Cl)c1. The molecule has 2 aromatic carbocycles. The van der Waals surface area contributed by atoms with Gasteiger partial charge in [0.05, 0.1) is 12.8 Å². The van der Waals surface area contributed by atoms with Gasteiger partial charge in [-0.1, -0.05) is 23.7 Å². The Morgan fingerprint density at radius 3 is 2.68 bits per heavy atom. The summed E-state index contributed by atoms with van der Waals surface area (Å²) < 4.78 is 18.7. The number of ether oxygens (including phenoxy) is 1. The Bertz CT molecular complexity index is 586. The van der Waals surface area contributed by atoms with Crippen LogP contribution in [-0.4, -0.2) is 7.11 Å². The van der Waals surface area contributed by atoms with Gasteiger partial charge < -0.3 is 10.1 Å². The third kappa shape index (κ3) is 3.38. The molecule has 0 aromatic heterocycles. The minimum atomic E-state index is -0.316. The summed E-state index contributed by atoms with van der Waals surface area (Å²) in [7, 11) is 1.55. The second-order valence-corrected chi connectivity index (χ2v) is 4.70. The maximum atomic E-state index is 13.6. The van der Waals surface area contributed by atoms with E-state index < -0.39 is 0 Å². The highest BCUT2D eigenvalue weighted by Crippen LogP contribution is 2.23. The molecule has 4 heteroatoms. The van der Waals surface area contributed by atoms with Crippen molar-refractivity contribution < 1.29 is 9.13 Å². The quantitative estimate of drug-likeness (QED) is 0.895. The van der Waals surface area contributed by atoms with Gasteiger partial charge in [-0.15, -0.1) is 0 Å². The van der Waals surface area contributed by atoms with Crippen molar-refractivity contribution in [1.29, 1.82) is 0 Å². The van der Waals surface area contributed by atoms with Crippen molar-refractivity contribution in [3.8, 4) is 5.75 Å². The Labute approximate surface area is 117 Å². The zero-order chi connectivity index (χ0) is 13.8. The minimum absolute atomic E-state index is 0.316. The molecule has 2 aromatic rings. The van der Waals surface area contributed by atoms with E-state index in [4.69, 9.17) is 16.3 Å². The van der Waals surface area contributed by atoms with Gasteiger partial charge in [-0.3, -0.25) is 0 Å². The van der Waals surface area contributed by atoms with Gasteiger partial charge in [0.25, 0.3) is 0 Å². The van der Waals surface area contributed by atoms with Crippen LogP contribution in [0, 0.1) is 12.7 Å². The average molecular weight is 280 g/mol. The summed E-state index contributed by atoms with van der Waals surface area (Å²) in [6.45, 7) is 2.44. The van der Waals surface area contributed by atoms with Crippen LogP contribution in [0.4, 0.5) is 10.1 Å². The van der Waals surface area contributed by atoms with E-state index in [0.717, 1.165) is 11.1 Å². The molecule has 0 fully saturated rings. The molecule has 0 aliphatic carbocycles. The summed E-state index contributed by atoms with van der Waals surface area (Å²) in [5.41, 5.74) is 2.42. The van der Waals surface area contributed by atoms with Crippen molar-refractivity contribution in [2.75, 3.05) is 12.4 Å². The van der Waals surface area contributed by atoms with Crippen molar-refractivity contribution in [1.82, 2.24) is 0 Å². The van der Waals surface area contributed by atoms with Gasteiger partial charge in [0.1, 0.15) is 11.6 Å². The minimum Gasteiger partial charge on any atom is -0.497 e. The molecule has 100 valence electrons. The first-order chi connectivity index (χ1) is 9.10. The van der Waals surface area contributed by atoms with Crippen molar-refractivity contribution >= 4 is 17.3 Å². The normalized spacial score (nSPS) is 10.3. The highest BCUT2D eigenvalue weighted by atomic mass is 35.5. The van der Waals surface area contributed by atoms with E-state index in [1.165, 1.54) is 6.07 Å². The standard InChI is InChI=1S/C15H15ClFNO/c1-10-3-4-11(13(16)7-10)9-18-15-8-12(19-2)5-6-14(15)17/h3-8,18H,9H2,1-2H3. The number of anilines is 1. The molecular formula is C15H15ClFNO. The fraction of sp³-hybridized carbons (Fsp3) is 0.200. The predicted octanol–water partition coefficient (Wildman–Crippen LogP) is 4.41. The van der Waals surface area contributed by atoms with Crippen LogP contribution in [0.3, 0.4) is 0 Å². The lowest BCUT2D eigenvalue weighted by Gasteiger charge is -2.11. The van der Waals surface area contributed by atoms with Crippen LogP contribution in [0.2, 0.25) is 5.02 Å². The van der Waals surface area contributed by atoms with Crippen LogP contribution in [0.15, 0.2) is 36.4 Å². The van der Waals surface area contributed by atoms with Crippen LogP contribution in [0.25, 0.3) is 0 Å². The van der Waals surface area contributed by atoms with Gasteiger partial charge in [0, 0.05) is 17.6 Å². The molecule has 0 amide bonds. The summed E-state index contributed by atoms with van der Waals surface area (Å²) in [6, 6.07) is 10.4. The largest absolute Gasteiger partial charge is 0.497 e. The zero-order valence-corrected chi connectivity index (χ0v) is 11.6. The zero-order valence-electron chi connectivity index (χ0n) is 10.8. The van der Waals surface area contributed by atoms with Crippen molar-refractivity contribution in [3.63, 3.8) is 0 Å². The summed E-state index contributed by atoms with van der Waals surface area (Å²) in [6.07, 6.45) is 0. The molecule has 0 atom stereocenters. The summed E-state index contributed by atoms with van der Waals surface area (Å²) in [4.78, 5) is 0. The molecule has 0 unspecified atom stereocenters. The van der Waals surface area contributed by atoms with Crippen molar-refractivity contribution in [3.05, 3.63) is 58.4 Å². The number of rotatable bonds is 4. The molecule has 2 rings (SSSR count). The van der Waals surface area contributed by atoms with Crippen LogP contribution in [0.1, 0.15) is 11.1 Å². The summed E-state index contributed by atoms with van der Waals surface area (Å²) in [5, 5.41) is 3.70. The Kier molecular flexibility index (Phi) is 4.27. The Morgan fingerprint density at radius 2 is 2.00 bits per heavy atom. The maximum Gasteiger partial charge on any atom is 0.146 e. The van der Waals surface area contributed by atoms with Gasteiger partial charge >= 0.3 is 0 Å². The molecule has 0 aliphatic heterocycles. The third-order valence-corrected chi connectivity index (χ3v) is 3.20. The number of methoxy groups -OCH3 is 1. The molecule has 0 spiro atoms. The number of halogens is 2. The molecule has 0 heterocycles. The van der Waals surface area contributed by atoms with Crippen LogP contribution < -0.4 is 10.1 Å². The molecule has 0 aliphatic rings. The Balaban J connectivity index is 2.14. The maximum absolute atomic E-state index is 13.6. The van der Waals surface area contributed by atoms with Gasteiger partial charge in [-0.05, 0) is 36.2 Å². The van der Waals surface area contributed by atoms with E-state index in [-0.39, 0.29) is 5.82 Å². The lowest BCUT2D eigenvalue weighted by Crippen LogP contribution is -2.02. The first-order valence-electron chi connectivity index (χ1n) is 5.92. The number of hydrogen-bond acceptors (Lipinski definition) is 2. The van der Waals surface area contributed by atoms with E-state index >= 15 is 0 Å². The van der Waals surface area contributed by atoms with E-state index in [9.17, 15) is 4.39 Å². The van der Waals surface area contributed by atoms with Gasteiger partial charge in [-0.25, -0.2) is 4.39 Å². The molecule has 1 N–H and O–H groups in total. The number of benzene rings is 2. The van der Waals surface area contributed by atoms with E-state index in [2.05, 4.69) is 5.32 Å². The first kappa shape index (κ1) is 13.7. The fourth-order valence-corrected chi connectivity index (χ4v) is 2.05. The summed E-state index contributed by atoms with van der Waals surface area (Å²) in [5.74, 6) is 0.294. The average Bonchev–Trinajstić information content (AvgIpc) is 2.39. The molecule has 19 heavy (non-hydrogen) atoms. The second kappa shape index (κ2) is 5.93. The Hall–Kier alpha value is -1.74. The van der Waals surface area contributed by atoms with Gasteiger partial charge in [0.15, 0.2) is 0 Å². The molecule has 0 saturated heterocycles. The Morgan fingerprint density at radius 1 is 1.21 bits per heavy atom. The summed E-state index contributed by atoms with van der Waals surface area (Å²) >= 11 is 6.14. The van der Waals surface area contributed by atoms with Crippen LogP contribution >= 0.6 is 11.6 Å². The van der Waals surface area contributed by atoms with Gasteiger partial charge in [-0.2, -0.15) is 0 Å². The van der Waals surface area contributed by atoms with E-state index in [0.29, 0.717) is 23.0 Å². The molecule has 0 saturated carbocycles. The molecule has 0 bridgehead atoms. The number of aryl methyl sites for hydroxylation is 1. The van der Waals surface area contributed by atoms with Gasteiger partial charge in [0.2, 0.25) is 0 Å². The van der Waals surface area contributed by atoms with Crippen molar-refractivity contribution in [2.24, 2.45) is 0 Å². The fourth-order valence-electron chi connectivity index (χ4n) is 1.75. The van der Waals surface area contributed by atoms with Crippen molar-refractivity contribution in [2.45, 2.75) is 13.5 Å². The predicted molar refractivity (Wildman–Crippen MR) is 76.5 cm³/mol. The number of nitrogens with one attached hydrogen (secondary N) is 1.